The van der Waals surface area contributed by atoms with Crippen LogP contribution in [-0.2, 0) is 18.0 Å². The van der Waals surface area contributed by atoms with E-state index in [1.807, 2.05) is 24.3 Å². The second-order valence-corrected chi connectivity index (χ2v) is 10.6. The molecule has 2 aromatic carbocycles. The summed E-state index contributed by atoms with van der Waals surface area (Å²) in [4.78, 5) is 12.7. The number of hydrogen-bond donors (Lipinski definition) is 2. The van der Waals surface area contributed by atoms with Crippen molar-refractivity contribution in [3.05, 3.63) is 94.0 Å². The molecule has 1 heterocycles. The summed E-state index contributed by atoms with van der Waals surface area (Å²) in [6.45, 7) is 7.38. The predicted octanol–water partition coefficient (Wildman–Crippen LogP) is 5.47. The lowest BCUT2D eigenvalue weighted by Crippen LogP contribution is -2.28. The average molecular weight is 496 g/mol. The van der Waals surface area contributed by atoms with Gasteiger partial charge < -0.3 is 14.8 Å². The molecule has 0 radical (unpaired) electrons. The van der Waals surface area contributed by atoms with Crippen molar-refractivity contribution in [3.8, 4) is 5.75 Å². The second-order valence-electron chi connectivity index (χ2n) is 9.02. The SMILES string of the molecule is C=CCC1(S(=O)Nc2cc(C)c(=O)n(C)c2Nc2ccc(C)cc2F)CC1c1cccc(OC)c1. The molecule has 1 aliphatic rings. The van der Waals surface area contributed by atoms with Gasteiger partial charge >= 0.3 is 0 Å². The minimum Gasteiger partial charge on any atom is -0.497 e. The van der Waals surface area contributed by atoms with E-state index in [2.05, 4.69) is 16.6 Å². The number of benzene rings is 2. The van der Waals surface area contributed by atoms with Crippen LogP contribution in [0.2, 0.25) is 0 Å². The number of hydrogen-bond acceptors (Lipinski definition) is 4. The molecule has 184 valence electrons. The molecule has 1 aromatic heterocycles. The lowest BCUT2D eigenvalue weighted by atomic mass is 10.1. The number of nitrogens with zero attached hydrogens (tertiary/aromatic N) is 1. The van der Waals surface area contributed by atoms with Crippen LogP contribution >= 0.6 is 0 Å². The summed E-state index contributed by atoms with van der Waals surface area (Å²) in [7, 11) is 1.71. The third kappa shape index (κ3) is 4.75. The minimum absolute atomic E-state index is 0.0588. The molecule has 0 saturated heterocycles. The molecule has 1 aliphatic carbocycles. The maximum atomic E-state index is 14.6. The zero-order chi connectivity index (χ0) is 25.3. The fourth-order valence-electron chi connectivity index (χ4n) is 4.49. The number of halogens is 1. The fraction of sp³-hybridized carbons (Fsp3) is 0.296. The first-order valence-electron chi connectivity index (χ1n) is 11.4. The summed E-state index contributed by atoms with van der Waals surface area (Å²) in [6, 6.07) is 14.3. The van der Waals surface area contributed by atoms with Crippen molar-refractivity contribution in [2.24, 2.45) is 7.05 Å². The van der Waals surface area contributed by atoms with E-state index in [0.717, 1.165) is 16.9 Å². The fourth-order valence-corrected chi connectivity index (χ4v) is 6.03. The number of rotatable bonds is 9. The lowest BCUT2D eigenvalue weighted by Gasteiger charge is -2.21. The van der Waals surface area contributed by atoms with E-state index in [9.17, 15) is 13.4 Å². The van der Waals surface area contributed by atoms with Gasteiger partial charge in [0.1, 0.15) is 28.4 Å². The minimum atomic E-state index is -1.52. The van der Waals surface area contributed by atoms with Crippen molar-refractivity contribution in [1.29, 1.82) is 0 Å². The average Bonchev–Trinajstić information content (AvgIpc) is 3.57. The Morgan fingerprint density at radius 3 is 2.69 bits per heavy atom. The zero-order valence-electron chi connectivity index (χ0n) is 20.4. The molecule has 0 spiro atoms. The van der Waals surface area contributed by atoms with Crippen molar-refractivity contribution in [2.45, 2.75) is 37.4 Å². The predicted molar refractivity (Wildman–Crippen MR) is 141 cm³/mol. The van der Waals surface area contributed by atoms with Gasteiger partial charge in [-0.15, -0.1) is 6.58 Å². The van der Waals surface area contributed by atoms with Crippen LogP contribution in [0.25, 0.3) is 0 Å². The normalized spacial score (nSPS) is 19.6. The smallest absolute Gasteiger partial charge is 0.254 e. The first-order valence-corrected chi connectivity index (χ1v) is 12.5. The maximum absolute atomic E-state index is 14.6. The standard InChI is InChI=1S/C27H30FN3O3S/c1-6-12-27(16-21(27)19-8-7-9-20(15-19)34-5)35(33)30-24-14-18(3)26(32)31(4)25(24)29-23-11-10-17(2)13-22(23)28/h6-11,13-15,21,29-30H,1,12,16H2,2-5H3. The summed E-state index contributed by atoms with van der Waals surface area (Å²) < 4.78 is 37.7. The molecule has 2 N–H and O–H groups in total. The summed E-state index contributed by atoms with van der Waals surface area (Å²) in [5.41, 5.74) is 2.79. The van der Waals surface area contributed by atoms with Crippen LogP contribution in [0.15, 0.2) is 66.0 Å². The quantitative estimate of drug-likeness (QED) is 0.386. The first kappa shape index (κ1) is 24.7. The number of anilines is 3. The van der Waals surface area contributed by atoms with Gasteiger partial charge in [0.25, 0.3) is 5.56 Å². The number of allylic oxidation sites excluding steroid dienone is 1. The highest BCUT2D eigenvalue weighted by Gasteiger charge is 2.59. The maximum Gasteiger partial charge on any atom is 0.254 e. The third-order valence-electron chi connectivity index (χ3n) is 6.55. The molecule has 8 heteroatoms. The lowest BCUT2D eigenvalue weighted by molar-refractivity contribution is 0.414. The van der Waals surface area contributed by atoms with E-state index < -0.39 is 21.5 Å². The van der Waals surface area contributed by atoms with Crippen molar-refractivity contribution in [3.63, 3.8) is 0 Å². The van der Waals surface area contributed by atoms with E-state index in [-0.39, 0.29) is 17.2 Å². The van der Waals surface area contributed by atoms with E-state index in [0.29, 0.717) is 29.9 Å². The van der Waals surface area contributed by atoms with Gasteiger partial charge in [-0.05, 0) is 68.1 Å². The molecule has 0 aliphatic heterocycles. The number of pyridine rings is 1. The second kappa shape index (κ2) is 9.70. The molecule has 3 atom stereocenters. The van der Waals surface area contributed by atoms with Gasteiger partial charge in [-0.25, -0.2) is 8.60 Å². The summed E-state index contributed by atoms with van der Waals surface area (Å²) in [5, 5.41) is 3.03. The van der Waals surface area contributed by atoms with Crippen LogP contribution in [0.3, 0.4) is 0 Å². The Kier molecular flexibility index (Phi) is 6.85. The topological polar surface area (TPSA) is 72.4 Å². The van der Waals surface area contributed by atoms with E-state index in [1.165, 1.54) is 10.6 Å². The highest BCUT2D eigenvalue weighted by Crippen LogP contribution is 2.58. The Morgan fingerprint density at radius 2 is 2.00 bits per heavy atom. The first-order chi connectivity index (χ1) is 16.7. The largest absolute Gasteiger partial charge is 0.497 e. The molecule has 0 amide bonds. The number of ether oxygens (including phenoxy) is 1. The molecule has 35 heavy (non-hydrogen) atoms. The number of aryl methyl sites for hydroxylation is 2. The van der Waals surface area contributed by atoms with Crippen LogP contribution in [0.5, 0.6) is 5.75 Å². The molecule has 3 unspecified atom stereocenters. The van der Waals surface area contributed by atoms with Crippen LogP contribution in [0.4, 0.5) is 21.6 Å². The molecule has 6 nitrogen and oxygen atoms in total. The molecule has 0 bridgehead atoms. The Morgan fingerprint density at radius 1 is 1.23 bits per heavy atom. The van der Waals surface area contributed by atoms with Gasteiger partial charge in [0.2, 0.25) is 0 Å². The van der Waals surface area contributed by atoms with Crippen molar-refractivity contribution >= 4 is 28.2 Å². The van der Waals surface area contributed by atoms with E-state index in [1.54, 1.807) is 52.3 Å². The van der Waals surface area contributed by atoms with Crippen molar-refractivity contribution in [1.82, 2.24) is 4.57 Å². The number of methoxy groups -OCH3 is 1. The van der Waals surface area contributed by atoms with Crippen LogP contribution in [-0.4, -0.2) is 20.6 Å². The summed E-state index contributed by atoms with van der Waals surface area (Å²) >= 11 is 0. The van der Waals surface area contributed by atoms with Crippen LogP contribution < -0.4 is 20.3 Å². The Bertz CT molecular complexity index is 1370. The van der Waals surface area contributed by atoms with Gasteiger partial charge in [-0.3, -0.25) is 9.36 Å². The van der Waals surface area contributed by atoms with Gasteiger partial charge in [-0.1, -0.05) is 24.3 Å². The summed E-state index contributed by atoms with van der Waals surface area (Å²) in [6.07, 6.45) is 3.05. The van der Waals surface area contributed by atoms with Crippen LogP contribution in [0, 0.1) is 19.7 Å². The van der Waals surface area contributed by atoms with Crippen LogP contribution in [0.1, 0.15) is 35.4 Å². The zero-order valence-corrected chi connectivity index (χ0v) is 21.2. The van der Waals surface area contributed by atoms with Gasteiger partial charge in [-0.2, -0.15) is 0 Å². The van der Waals surface area contributed by atoms with Crippen molar-refractivity contribution in [2.75, 3.05) is 17.1 Å². The molecular formula is C27H30FN3O3S. The molecular weight excluding hydrogens is 465 g/mol. The monoisotopic (exact) mass is 495 g/mol. The van der Waals surface area contributed by atoms with Crippen molar-refractivity contribution < 1.29 is 13.3 Å². The van der Waals surface area contributed by atoms with Gasteiger partial charge in [0.05, 0.1) is 23.2 Å². The Balaban J connectivity index is 1.68. The van der Waals surface area contributed by atoms with Gasteiger partial charge in [0, 0.05) is 18.5 Å². The van der Waals surface area contributed by atoms with Gasteiger partial charge in [0.15, 0.2) is 0 Å². The summed E-state index contributed by atoms with van der Waals surface area (Å²) in [5.74, 6) is 0.710. The number of aromatic nitrogens is 1. The highest BCUT2D eigenvalue weighted by molar-refractivity contribution is 7.88. The van der Waals surface area contributed by atoms with E-state index in [4.69, 9.17) is 4.74 Å². The number of nitrogens with one attached hydrogen (secondary N) is 2. The third-order valence-corrected chi connectivity index (χ3v) is 8.32. The molecule has 4 rings (SSSR count). The Labute approximate surface area is 207 Å². The Hall–Kier alpha value is -3.39. The molecule has 1 fully saturated rings. The highest BCUT2D eigenvalue weighted by atomic mass is 32.2. The van der Waals surface area contributed by atoms with E-state index >= 15 is 0 Å². The molecule has 1 saturated carbocycles. The molecule has 3 aromatic rings.